The van der Waals surface area contributed by atoms with E-state index in [0.717, 1.165) is 16.0 Å². The number of fused-ring (bicyclic) bond motifs is 1. The second-order valence-corrected chi connectivity index (χ2v) is 5.16. The predicted octanol–water partition coefficient (Wildman–Crippen LogP) is 4.21. The average molecular weight is 277 g/mol. The number of nitrogens with zero attached hydrogens (tertiary/aromatic N) is 1. The first-order chi connectivity index (χ1) is 8.72. The Morgan fingerprint density at radius 3 is 2.83 bits per heavy atom. The molecule has 0 saturated heterocycles. The zero-order valence-corrected chi connectivity index (χ0v) is 10.8. The van der Waals surface area contributed by atoms with E-state index < -0.39 is 0 Å². The number of para-hydroxylation sites is 2. The molecule has 3 nitrogen and oxygen atoms in total. The molecule has 0 unspecified atom stereocenters. The molecule has 0 spiro atoms. The van der Waals surface area contributed by atoms with Gasteiger partial charge in [-0.1, -0.05) is 23.7 Å². The zero-order chi connectivity index (χ0) is 12.5. The third-order valence-electron chi connectivity index (χ3n) is 2.45. The highest BCUT2D eigenvalue weighted by Gasteiger charge is 2.09. The van der Waals surface area contributed by atoms with Gasteiger partial charge in [-0.05, 0) is 42.1 Å². The van der Waals surface area contributed by atoms with Crippen LogP contribution in [0.3, 0.4) is 0 Å². The van der Waals surface area contributed by atoms with Crippen molar-refractivity contribution in [3.63, 3.8) is 0 Å². The predicted molar refractivity (Wildman–Crippen MR) is 74.0 cm³/mol. The van der Waals surface area contributed by atoms with Crippen LogP contribution >= 0.6 is 23.4 Å². The number of nitrogens with two attached hydrogens (primary N) is 1. The summed E-state index contributed by atoms with van der Waals surface area (Å²) in [7, 11) is 0. The summed E-state index contributed by atoms with van der Waals surface area (Å²) in [6.45, 7) is 0. The highest BCUT2D eigenvalue weighted by atomic mass is 35.5. The number of nitrogen functional groups attached to an aromatic ring is 1. The molecular weight excluding hydrogens is 268 g/mol. The molecule has 0 aliphatic rings. The SMILES string of the molecule is Nc1ccc(Cl)cc1Sc1nc2ccccc2o1. The molecule has 1 heterocycles. The van der Waals surface area contributed by atoms with Gasteiger partial charge in [0.25, 0.3) is 5.22 Å². The third kappa shape index (κ3) is 2.17. The van der Waals surface area contributed by atoms with Crippen LogP contribution in [0.25, 0.3) is 11.1 Å². The van der Waals surface area contributed by atoms with E-state index in [-0.39, 0.29) is 0 Å². The van der Waals surface area contributed by atoms with Crippen molar-refractivity contribution in [2.45, 2.75) is 10.1 Å². The van der Waals surface area contributed by atoms with Gasteiger partial charge in [0.2, 0.25) is 0 Å². The Hall–Kier alpha value is -1.65. The van der Waals surface area contributed by atoms with Gasteiger partial charge in [0.05, 0.1) is 0 Å². The quantitative estimate of drug-likeness (QED) is 0.712. The standard InChI is InChI=1S/C13H9ClN2OS/c14-8-5-6-9(15)12(7-8)18-13-16-10-3-1-2-4-11(10)17-13/h1-7H,15H2. The van der Waals surface area contributed by atoms with Crippen LogP contribution in [-0.2, 0) is 0 Å². The van der Waals surface area contributed by atoms with E-state index >= 15 is 0 Å². The maximum absolute atomic E-state index is 5.94. The molecule has 0 bridgehead atoms. The van der Waals surface area contributed by atoms with Crippen LogP contribution in [0.4, 0.5) is 5.69 Å². The van der Waals surface area contributed by atoms with E-state index in [1.807, 2.05) is 24.3 Å². The molecule has 18 heavy (non-hydrogen) atoms. The maximum Gasteiger partial charge on any atom is 0.261 e. The van der Waals surface area contributed by atoms with Gasteiger partial charge in [-0.15, -0.1) is 0 Å². The normalized spacial score (nSPS) is 10.9. The van der Waals surface area contributed by atoms with Gasteiger partial charge in [-0.2, -0.15) is 0 Å². The summed E-state index contributed by atoms with van der Waals surface area (Å²) in [5.74, 6) is 0. The van der Waals surface area contributed by atoms with Gasteiger partial charge in [0.1, 0.15) is 5.52 Å². The second-order valence-electron chi connectivity index (χ2n) is 3.73. The lowest BCUT2D eigenvalue weighted by Crippen LogP contribution is -1.87. The molecule has 0 amide bonds. The van der Waals surface area contributed by atoms with Gasteiger partial charge in [-0.3, -0.25) is 0 Å². The van der Waals surface area contributed by atoms with Crippen LogP contribution in [-0.4, -0.2) is 4.98 Å². The van der Waals surface area contributed by atoms with E-state index in [9.17, 15) is 0 Å². The zero-order valence-electron chi connectivity index (χ0n) is 9.26. The lowest BCUT2D eigenvalue weighted by Gasteiger charge is -2.02. The fourth-order valence-electron chi connectivity index (χ4n) is 1.59. The molecule has 90 valence electrons. The maximum atomic E-state index is 5.94. The molecule has 2 N–H and O–H groups in total. The number of anilines is 1. The van der Waals surface area contributed by atoms with Gasteiger partial charge in [-0.25, -0.2) is 4.98 Å². The lowest BCUT2D eigenvalue weighted by molar-refractivity contribution is 0.489. The Morgan fingerprint density at radius 2 is 2.00 bits per heavy atom. The molecule has 0 fully saturated rings. The highest BCUT2D eigenvalue weighted by Crippen LogP contribution is 2.34. The fraction of sp³-hybridized carbons (Fsp3) is 0. The third-order valence-corrected chi connectivity index (χ3v) is 3.60. The number of aromatic nitrogens is 1. The Bertz CT molecular complexity index is 678. The molecule has 2 aromatic carbocycles. The molecule has 3 aromatic rings. The van der Waals surface area contributed by atoms with Crippen molar-refractivity contribution in [2.75, 3.05) is 5.73 Å². The monoisotopic (exact) mass is 276 g/mol. The Labute approximate surface area is 113 Å². The molecule has 0 aliphatic carbocycles. The molecule has 0 radical (unpaired) electrons. The molecule has 3 rings (SSSR count). The van der Waals surface area contributed by atoms with Crippen LogP contribution < -0.4 is 5.73 Å². The van der Waals surface area contributed by atoms with E-state index in [2.05, 4.69) is 4.98 Å². The van der Waals surface area contributed by atoms with E-state index in [4.69, 9.17) is 21.8 Å². The van der Waals surface area contributed by atoms with Crippen molar-refractivity contribution in [3.05, 3.63) is 47.5 Å². The van der Waals surface area contributed by atoms with Crippen LogP contribution in [0.1, 0.15) is 0 Å². The number of benzene rings is 2. The van der Waals surface area contributed by atoms with E-state index in [1.165, 1.54) is 11.8 Å². The minimum absolute atomic E-state index is 0.560. The van der Waals surface area contributed by atoms with Crippen molar-refractivity contribution in [1.29, 1.82) is 0 Å². The van der Waals surface area contributed by atoms with E-state index in [0.29, 0.717) is 15.9 Å². The summed E-state index contributed by atoms with van der Waals surface area (Å²) >= 11 is 7.31. The van der Waals surface area contributed by atoms with Crippen LogP contribution in [0, 0.1) is 0 Å². The lowest BCUT2D eigenvalue weighted by atomic mass is 10.3. The molecular formula is C13H9ClN2OS. The first kappa shape index (κ1) is 11.4. The van der Waals surface area contributed by atoms with Crippen LogP contribution in [0.5, 0.6) is 0 Å². The highest BCUT2D eigenvalue weighted by molar-refractivity contribution is 7.99. The second kappa shape index (κ2) is 4.55. The Kier molecular flexibility index (Phi) is 2.89. The van der Waals surface area contributed by atoms with Crippen molar-refractivity contribution in [3.8, 4) is 0 Å². The molecule has 5 heteroatoms. The van der Waals surface area contributed by atoms with Crippen LogP contribution in [0.2, 0.25) is 5.02 Å². The molecule has 0 atom stereocenters. The topological polar surface area (TPSA) is 52.0 Å². The minimum atomic E-state index is 0.560. The summed E-state index contributed by atoms with van der Waals surface area (Å²) in [6.07, 6.45) is 0. The number of halogens is 1. The first-order valence-corrected chi connectivity index (χ1v) is 6.50. The summed E-state index contributed by atoms with van der Waals surface area (Å²) < 4.78 is 5.62. The number of hydrogen-bond acceptors (Lipinski definition) is 4. The van der Waals surface area contributed by atoms with Gasteiger partial charge in [0.15, 0.2) is 5.58 Å². The summed E-state index contributed by atoms with van der Waals surface area (Å²) in [6, 6.07) is 13.0. The first-order valence-electron chi connectivity index (χ1n) is 5.31. The van der Waals surface area contributed by atoms with Crippen molar-refractivity contribution < 1.29 is 4.42 Å². The van der Waals surface area contributed by atoms with Gasteiger partial charge >= 0.3 is 0 Å². The van der Waals surface area contributed by atoms with Gasteiger partial charge in [0, 0.05) is 15.6 Å². The van der Waals surface area contributed by atoms with Gasteiger partial charge < -0.3 is 10.2 Å². The van der Waals surface area contributed by atoms with Crippen molar-refractivity contribution in [2.24, 2.45) is 0 Å². The molecule has 1 aromatic heterocycles. The number of oxazole rings is 1. The molecule has 0 aliphatic heterocycles. The summed E-state index contributed by atoms with van der Waals surface area (Å²) in [4.78, 5) is 5.22. The number of rotatable bonds is 2. The Balaban J connectivity index is 1.98. The molecule has 0 saturated carbocycles. The summed E-state index contributed by atoms with van der Waals surface area (Å²) in [5.41, 5.74) is 8.14. The Morgan fingerprint density at radius 1 is 1.17 bits per heavy atom. The smallest absolute Gasteiger partial charge is 0.261 e. The fourth-order valence-corrected chi connectivity index (χ4v) is 2.66. The largest absolute Gasteiger partial charge is 0.431 e. The summed E-state index contributed by atoms with van der Waals surface area (Å²) in [5, 5.41) is 1.20. The van der Waals surface area contributed by atoms with Crippen LogP contribution in [0.15, 0.2) is 57.0 Å². The minimum Gasteiger partial charge on any atom is -0.431 e. The van der Waals surface area contributed by atoms with Crippen molar-refractivity contribution in [1.82, 2.24) is 4.98 Å². The number of hydrogen-bond donors (Lipinski definition) is 1. The van der Waals surface area contributed by atoms with Crippen molar-refractivity contribution >= 4 is 40.1 Å². The average Bonchev–Trinajstić information content (AvgIpc) is 2.76. The van der Waals surface area contributed by atoms with E-state index in [1.54, 1.807) is 18.2 Å².